The average Bonchev–Trinajstić information content (AvgIpc) is 2.09. The van der Waals surface area contributed by atoms with E-state index >= 15 is 0 Å². The first kappa shape index (κ1) is 14.5. The summed E-state index contributed by atoms with van der Waals surface area (Å²) in [5, 5.41) is 3.81. The van der Waals surface area contributed by atoms with Crippen molar-refractivity contribution in [2.45, 2.75) is 6.04 Å². The summed E-state index contributed by atoms with van der Waals surface area (Å²) >= 11 is 5.34. The summed E-state index contributed by atoms with van der Waals surface area (Å²) in [7, 11) is -7.32. The van der Waals surface area contributed by atoms with E-state index in [2.05, 4.69) is 10.6 Å². The van der Waals surface area contributed by atoms with E-state index in [1.54, 1.807) is 0 Å². The Labute approximate surface area is 105 Å². The smallest absolute Gasteiger partial charge is 0.315 e. The van der Waals surface area contributed by atoms with Crippen molar-refractivity contribution in [3.8, 4) is 0 Å². The van der Waals surface area contributed by atoms with Gasteiger partial charge in [-0.1, -0.05) is 0 Å². The number of amides is 2. The SMILES string of the molecule is O=C(NCCCl)NC1CS(=O)(=O)CS(=O)(=O)C1. The molecule has 2 amide bonds. The van der Waals surface area contributed by atoms with Crippen LogP contribution in [0.1, 0.15) is 0 Å². The van der Waals surface area contributed by atoms with Gasteiger partial charge in [0.25, 0.3) is 0 Å². The Morgan fingerprint density at radius 3 is 2.18 bits per heavy atom. The number of hydrogen-bond donors (Lipinski definition) is 2. The summed E-state index contributed by atoms with van der Waals surface area (Å²) in [6, 6.07) is -1.53. The van der Waals surface area contributed by atoms with Crippen LogP contribution in [0.3, 0.4) is 0 Å². The van der Waals surface area contributed by atoms with E-state index in [4.69, 9.17) is 11.6 Å². The van der Waals surface area contributed by atoms with Gasteiger partial charge in [0.1, 0.15) is 0 Å². The molecule has 0 aliphatic carbocycles. The number of hydrogen-bond acceptors (Lipinski definition) is 5. The molecule has 1 fully saturated rings. The van der Waals surface area contributed by atoms with Gasteiger partial charge in [0.05, 0.1) is 17.5 Å². The van der Waals surface area contributed by atoms with E-state index < -0.39 is 36.8 Å². The number of sulfone groups is 2. The van der Waals surface area contributed by atoms with Gasteiger partial charge < -0.3 is 10.6 Å². The summed E-state index contributed by atoms with van der Waals surface area (Å²) in [4.78, 5) is 11.2. The third-order valence-electron chi connectivity index (χ3n) is 1.98. The van der Waals surface area contributed by atoms with E-state index in [-0.39, 0.29) is 23.9 Å². The van der Waals surface area contributed by atoms with Gasteiger partial charge in [0, 0.05) is 12.4 Å². The maximum absolute atomic E-state index is 11.3. The average molecular weight is 305 g/mol. The topological polar surface area (TPSA) is 109 Å². The van der Waals surface area contributed by atoms with Crippen LogP contribution >= 0.6 is 11.6 Å². The fraction of sp³-hybridized carbons (Fsp3) is 0.857. The van der Waals surface area contributed by atoms with Crippen molar-refractivity contribution in [2.75, 3.05) is 29.0 Å². The third kappa shape index (κ3) is 5.09. The van der Waals surface area contributed by atoms with Crippen molar-refractivity contribution >= 4 is 37.3 Å². The highest BCUT2D eigenvalue weighted by Crippen LogP contribution is 2.11. The molecule has 1 rings (SSSR count). The maximum Gasteiger partial charge on any atom is 0.315 e. The van der Waals surface area contributed by atoms with Crippen molar-refractivity contribution in [3.05, 3.63) is 0 Å². The molecule has 1 heterocycles. The normalized spacial score (nSPS) is 22.9. The van der Waals surface area contributed by atoms with Crippen LogP contribution in [0.4, 0.5) is 4.79 Å². The van der Waals surface area contributed by atoms with Crippen LogP contribution in [0.25, 0.3) is 0 Å². The first-order chi connectivity index (χ1) is 7.74. The molecule has 1 saturated heterocycles. The number of urea groups is 1. The van der Waals surface area contributed by atoms with Crippen molar-refractivity contribution < 1.29 is 21.6 Å². The predicted octanol–water partition coefficient (Wildman–Crippen LogP) is -1.31. The predicted molar refractivity (Wildman–Crippen MR) is 63.5 cm³/mol. The van der Waals surface area contributed by atoms with E-state index in [1.807, 2.05) is 0 Å². The van der Waals surface area contributed by atoms with Crippen LogP contribution in [0.2, 0.25) is 0 Å². The molecule has 7 nitrogen and oxygen atoms in total. The van der Waals surface area contributed by atoms with Crippen LogP contribution in [-0.2, 0) is 19.7 Å². The van der Waals surface area contributed by atoms with Gasteiger partial charge in [-0.15, -0.1) is 11.6 Å². The van der Waals surface area contributed by atoms with Gasteiger partial charge in [0.15, 0.2) is 24.8 Å². The standard InChI is InChI=1S/C7H13ClN2O5S2/c8-1-2-9-7(11)10-6-3-16(12,13)5-17(14,15)4-6/h6H,1-5H2,(H2,9,10,11). The highest BCUT2D eigenvalue weighted by Gasteiger charge is 2.35. The second kappa shape index (κ2) is 5.40. The van der Waals surface area contributed by atoms with E-state index in [0.717, 1.165) is 0 Å². The zero-order valence-corrected chi connectivity index (χ0v) is 11.2. The molecule has 1 aliphatic rings. The Morgan fingerprint density at radius 2 is 1.71 bits per heavy atom. The van der Waals surface area contributed by atoms with Crippen molar-refractivity contribution in [2.24, 2.45) is 0 Å². The number of carbonyl (C=O) groups is 1. The lowest BCUT2D eigenvalue weighted by molar-refractivity contribution is 0.239. The molecule has 0 radical (unpaired) electrons. The fourth-order valence-corrected chi connectivity index (χ4v) is 6.34. The largest absolute Gasteiger partial charge is 0.337 e. The number of nitrogens with one attached hydrogen (secondary N) is 2. The van der Waals surface area contributed by atoms with Crippen LogP contribution in [0, 0.1) is 0 Å². The zero-order valence-electron chi connectivity index (χ0n) is 8.85. The summed E-state index contributed by atoms with van der Waals surface area (Å²) in [5.41, 5.74) is 0. The second-order valence-electron chi connectivity index (χ2n) is 3.72. The molecule has 100 valence electrons. The molecule has 0 saturated carbocycles. The molecule has 0 aromatic heterocycles. The van der Waals surface area contributed by atoms with Gasteiger partial charge in [-0.3, -0.25) is 0 Å². The quantitative estimate of drug-likeness (QED) is 0.629. The van der Waals surface area contributed by atoms with E-state index in [1.165, 1.54) is 0 Å². The third-order valence-corrected chi connectivity index (χ3v) is 6.87. The number of halogens is 1. The van der Waals surface area contributed by atoms with Crippen LogP contribution in [-0.4, -0.2) is 57.9 Å². The number of rotatable bonds is 3. The first-order valence-corrected chi connectivity index (χ1v) is 8.93. The lowest BCUT2D eigenvalue weighted by Gasteiger charge is -2.23. The Morgan fingerprint density at radius 1 is 1.18 bits per heavy atom. The minimum absolute atomic E-state index is 0.217. The second-order valence-corrected chi connectivity index (χ2v) is 8.69. The van der Waals surface area contributed by atoms with Gasteiger partial charge in [-0.2, -0.15) is 0 Å². The molecule has 0 aromatic carbocycles. The molecular formula is C7H13ClN2O5S2. The van der Waals surface area contributed by atoms with Gasteiger partial charge >= 0.3 is 6.03 Å². The Hall–Kier alpha value is -0.540. The van der Waals surface area contributed by atoms with Crippen LogP contribution in [0.5, 0.6) is 0 Å². The van der Waals surface area contributed by atoms with Crippen molar-refractivity contribution in [1.29, 1.82) is 0 Å². The summed E-state index contributed by atoms with van der Waals surface area (Å²) < 4.78 is 45.2. The molecule has 10 heteroatoms. The minimum atomic E-state index is -3.66. The Bertz CT molecular complexity index is 452. The van der Waals surface area contributed by atoms with Crippen molar-refractivity contribution in [3.63, 3.8) is 0 Å². The van der Waals surface area contributed by atoms with Crippen LogP contribution in [0.15, 0.2) is 0 Å². The van der Waals surface area contributed by atoms with E-state index in [9.17, 15) is 21.6 Å². The monoisotopic (exact) mass is 304 g/mol. The maximum atomic E-state index is 11.3. The highest BCUT2D eigenvalue weighted by molar-refractivity contribution is 8.08. The molecule has 0 unspecified atom stereocenters. The molecule has 0 aromatic rings. The zero-order chi connectivity index (χ0) is 13.1. The highest BCUT2D eigenvalue weighted by atomic mass is 35.5. The van der Waals surface area contributed by atoms with Crippen molar-refractivity contribution in [1.82, 2.24) is 10.6 Å². The van der Waals surface area contributed by atoms with Crippen LogP contribution < -0.4 is 10.6 Å². The van der Waals surface area contributed by atoms with Gasteiger partial charge in [0.2, 0.25) is 0 Å². The summed E-state index contributed by atoms with van der Waals surface area (Å²) in [5.74, 6) is -0.504. The molecule has 17 heavy (non-hydrogen) atoms. The van der Waals surface area contributed by atoms with Gasteiger partial charge in [-0.25, -0.2) is 21.6 Å². The molecular weight excluding hydrogens is 292 g/mol. The summed E-state index contributed by atoms with van der Waals surface area (Å²) in [6.07, 6.45) is 0. The molecule has 1 aliphatic heterocycles. The Balaban J connectivity index is 2.63. The lowest BCUT2D eigenvalue weighted by atomic mass is 10.4. The minimum Gasteiger partial charge on any atom is -0.337 e. The molecule has 0 bridgehead atoms. The van der Waals surface area contributed by atoms with E-state index in [0.29, 0.717) is 0 Å². The first-order valence-electron chi connectivity index (χ1n) is 4.75. The number of alkyl halides is 1. The molecule has 0 atom stereocenters. The fourth-order valence-electron chi connectivity index (χ4n) is 1.51. The lowest BCUT2D eigenvalue weighted by Crippen LogP contribution is -2.52. The number of carbonyl (C=O) groups excluding carboxylic acids is 1. The Kier molecular flexibility index (Phi) is 4.62. The molecule has 0 spiro atoms. The summed E-state index contributed by atoms with van der Waals surface area (Å²) in [6.45, 7) is 0.222. The van der Waals surface area contributed by atoms with Gasteiger partial charge in [-0.05, 0) is 0 Å². The molecule has 2 N–H and O–H groups in total.